The van der Waals surface area contributed by atoms with E-state index in [2.05, 4.69) is 46.4 Å². The van der Waals surface area contributed by atoms with Crippen molar-refractivity contribution in [3.63, 3.8) is 0 Å². The molecule has 0 aliphatic carbocycles. The van der Waals surface area contributed by atoms with Gasteiger partial charge in [0.05, 0.1) is 17.8 Å². The third kappa shape index (κ3) is 5.21. The number of aromatic nitrogens is 1. The summed E-state index contributed by atoms with van der Waals surface area (Å²) in [5.74, 6) is 1.65. The highest BCUT2D eigenvalue weighted by atomic mass is 32.2. The number of nitrogens with one attached hydrogen (secondary N) is 1. The molecule has 4 aromatic rings. The Kier molecular flexibility index (Phi) is 6.79. The third-order valence-electron chi connectivity index (χ3n) is 5.72. The van der Waals surface area contributed by atoms with Crippen LogP contribution in [0.2, 0.25) is 0 Å². The lowest BCUT2D eigenvalue weighted by Crippen LogP contribution is -2.29. The lowest BCUT2D eigenvalue weighted by atomic mass is 10.0. The van der Waals surface area contributed by atoms with Crippen molar-refractivity contribution in [2.75, 3.05) is 4.90 Å². The Morgan fingerprint density at radius 1 is 1.00 bits per heavy atom. The van der Waals surface area contributed by atoms with Crippen molar-refractivity contribution in [2.45, 2.75) is 48.9 Å². The van der Waals surface area contributed by atoms with Gasteiger partial charge in [0.25, 0.3) is 0 Å². The van der Waals surface area contributed by atoms with Gasteiger partial charge in [-0.05, 0) is 93.7 Å². The molecule has 3 heterocycles. The Hall–Kier alpha value is -3.29. The van der Waals surface area contributed by atoms with E-state index in [1.54, 1.807) is 18.0 Å². The summed E-state index contributed by atoms with van der Waals surface area (Å²) in [7, 11) is 0. The van der Waals surface area contributed by atoms with Crippen LogP contribution in [0.15, 0.2) is 99.5 Å². The van der Waals surface area contributed by atoms with E-state index in [4.69, 9.17) is 21.4 Å². The highest BCUT2D eigenvalue weighted by molar-refractivity contribution is 7.99. The molecule has 0 saturated carbocycles. The molecular formula is C28H27N3O2S2. The van der Waals surface area contributed by atoms with E-state index in [-0.39, 0.29) is 18.2 Å². The first kappa shape index (κ1) is 23.5. The number of rotatable bonds is 7. The number of hydrogen-bond acceptors (Lipinski definition) is 5. The Labute approximate surface area is 215 Å². The standard InChI is InChI=1S/C28H27N3O2S2/c1-18(2)32-21-11-9-20(10-12-21)31-27(26(30-28(31)34)23-6-4-5-17-29-23)24-15-16-25(33-24)35-22-13-7-19(3)8-14-22/h4-18,26-27H,1-3H3,(H,30,34)/t26-,27-/m0/s1. The number of anilines is 1. The van der Waals surface area contributed by atoms with Gasteiger partial charge in [-0.1, -0.05) is 35.5 Å². The molecule has 1 saturated heterocycles. The minimum absolute atomic E-state index is 0.115. The van der Waals surface area contributed by atoms with Gasteiger partial charge in [-0.3, -0.25) is 4.98 Å². The molecule has 1 aliphatic rings. The van der Waals surface area contributed by atoms with E-state index < -0.39 is 0 Å². The average Bonchev–Trinajstić information content (AvgIpc) is 3.45. The van der Waals surface area contributed by atoms with Crippen molar-refractivity contribution in [1.82, 2.24) is 10.3 Å². The van der Waals surface area contributed by atoms with Crippen LogP contribution in [0, 0.1) is 6.92 Å². The first-order valence-electron chi connectivity index (χ1n) is 11.6. The van der Waals surface area contributed by atoms with Gasteiger partial charge in [0.1, 0.15) is 17.6 Å². The number of pyridine rings is 1. The SMILES string of the molecule is Cc1ccc(Sc2ccc([C@H]3[C@H](c4ccccn4)NC(=S)N3c3ccc(OC(C)C)cc3)o2)cc1. The van der Waals surface area contributed by atoms with Crippen LogP contribution in [0.25, 0.3) is 0 Å². The second-order valence-electron chi connectivity index (χ2n) is 8.73. The molecule has 2 aromatic carbocycles. The van der Waals surface area contributed by atoms with E-state index in [0.717, 1.165) is 32.9 Å². The highest BCUT2D eigenvalue weighted by Gasteiger charge is 2.42. The number of furan rings is 1. The van der Waals surface area contributed by atoms with Gasteiger partial charge in [-0.2, -0.15) is 0 Å². The van der Waals surface area contributed by atoms with E-state index in [1.807, 2.05) is 68.4 Å². The Morgan fingerprint density at radius 2 is 1.77 bits per heavy atom. The third-order valence-corrected chi connectivity index (χ3v) is 6.96. The number of nitrogens with zero attached hydrogens (tertiary/aromatic N) is 2. The van der Waals surface area contributed by atoms with Crippen LogP contribution in [0.3, 0.4) is 0 Å². The number of thiocarbonyl (C=S) groups is 1. The predicted octanol–water partition coefficient (Wildman–Crippen LogP) is 7.10. The van der Waals surface area contributed by atoms with Crippen molar-refractivity contribution in [2.24, 2.45) is 0 Å². The quantitative estimate of drug-likeness (QED) is 0.271. The predicted molar refractivity (Wildman–Crippen MR) is 144 cm³/mol. The number of hydrogen-bond donors (Lipinski definition) is 1. The summed E-state index contributed by atoms with van der Waals surface area (Å²) in [5.41, 5.74) is 3.11. The van der Waals surface area contributed by atoms with E-state index >= 15 is 0 Å². The molecule has 0 spiro atoms. The topological polar surface area (TPSA) is 50.5 Å². The lowest BCUT2D eigenvalue weighted by Gasteiger charge is -2.26. The minimum atomic E-state index is -0.193. The van der Waals surface area contributed by atoms with Crippen molar-refractivity contribution in [3.05, 3.63) is 102 Å². The van der Waals surface area contributed by atoms with Gasteiger partial charge in [0.15, 0.2) is 10.2 Å². The molecule has 1 N–H and O–H groups in total. The fraction of sp³-hybridized carbons (Fsp3) is 0.214. The molecule has 0 unspecified atom stereocenters. The van der Waals surface area contributed by atoms with Crippen LogP contribution >= 0.6 is 24.0 Å². The smallest absolute Gasteiger partial charge is 0.174 e. The monoisotopic (exact) mass is 501 g/mol. The maximum atomic E-state index is 6.40. The minimum Gasteiger partial charge on any atom is -0.491 e. The van der Waals surface area contributed by atoms with Crippen LogP contribution in [0.1, 0.15) is 42.9 Å². The van der Waals surface area contributed by atoms with Crippen LogP contribution in [0.5, 0.6) is 5.75 Å². The summed E-state index contributed by atoms with van der Waals surface area (Å²) in [6.07, 6.45) is 1.92. The van der Waals surface area contributed by atoms with Gasteiger partial charge in [-0.25, -0.2) is 0 Å². The molecule has 5 nitrogen and oxygen atoms in total. The van der Waals surface area contributed by atoms with Crippen molar-refractivity contribution >= 4 is 34.8 Å². The second-order valence-corrected chi connectivity index (χ2v) is 10.2. The Balaban J connectivity index is 1.49. The number of ether oxygens (including phenoxy) is 1. The molecule has 2 atom stereocenters. The first-order valence-corrected chi connectivity index (χ1v) is 12.8. The summed E-state index contributed by atoms with van der Waals surface area (Å²) < 4.78 is 12.2. The van der Waals surface area contributed by atoms with Crippen LogP contribution < -0.4 is 15.0 Å². The van der Waals surface area contributed by atoms with Gasteiger partial charge in [-0.15, -0.1) is 0 Å². The molecule has 0 radical (unpaired) electrons. The number of benzene rings is 2. The molecule has 178 valence electrons. The van der Waals surface area contributed by atoms with Gasteiger partial charge < -0.3 is 19.4 Å². The molecule has 0 bridgehead atoms. The fourth-order valence-corrected chi connectivity index (χ4v) is 5.27. The summed E-state index contributed by atoms with van der Waals surface area (Å²) in [5, 5.41) is 4.94. The molecule has 2 aromatic heterocycles. The maximum absolute atomic E-state index is 6.40. The summed E-state index contributed by atoms with van der Waals surface area (Å²) in [4.78, 5) is 7.85. The molecule has 1 aliphatic heterocycles. The van der Waals surface area contributed by atoms with Crippen LogP contribution in [-0.4, -0.2) is 16.2 Å². The van der Waals surface area contributed by atoms with Gasteiger partial charge in [0.2, 0.25) is 0 Å². The number of aryl methyl sites for hydroxylation is 1. The van der Waals surface area contributed by atoms with Gasteiger partial charge >= 0.3 is 0 Å². The van der Waals surface area contributed by atoms with Crippen molar-refractivity contribution in [3.8, 4) is 5.75 Å². The first-order chi connectivity index (χ1) is 17.0. The van der Waals surface area contributed by atoms with E-state index in [9.17, 15) is 0 Å². The molecule has 35 heavy (non-hydrogen) atoms. The Bertz CT molecular complexity index is 1290. The second kappa shape index (κ2) is 10.1. The zero-order chi connectivity index (χ0) is 24.4. The molecule has 0 amide bonds. The maximum Gasteiger partial charge on any atom is 0.174 e. The zero-order valence-corrected chi connectivity index (χ0v) is 21.5. The van der Waals surface area contributed by atoms with Gasteiger partial charge in [0, 0.05) is 16.8 Å². The average molecular weight is 502 g/mol. The molecule has 7 heteroatoms. The summed E-state index contributed by atoms with van der Waals surface area (Å²) in [6, 6.07) is 26.1. The zero-order valence-electron chi connectivity index (χ0n) is 19.8. The van der Waals surface area contributed by atoms with Crippen molar-refractivity contribution < 1.29 is 9.15 Å². The molecular weight excluding hydrogens is 474 g/mol. The fourth-order valence-electron chi connectivity index (χ4n) is 4.15. The van der Waals surface area contributed by atoms with E-state index in [0.29, 0.717) is 5.11 Å². The lowest BCUT2D eigenvalue weighted by molar-refractivity contribution is 0.242. The normalized spacial score (nSPS) is 17.6. The largest absolute Gasteiger partial charge is 0.491 e. The highest BCUT2D eigenvalue weighted by Crippen LogP contribution is 2.43. The summed E-state index contributed by atoms with van der Waals surface area (Å²) in [6.45, 7) is 6.12. The Morgan fingerprint density at radius 3 is 2.46 bits per heavy atom. The molecule has 1 fully saturated rings. The van der Waals surface area contributed by atoms with E-state index in [1.165, 1.54) is 5.56 Å². The molecule has 5 rings (SSSR count). The van der Waals surface area contributed by atoms with Crippen LogP contribution in [-0.2, 0) is 0 Å². The van der Waals surface area contributed by atoms with Crippen LogP contribution in [0.4, 0.5) is 5.69 Å². The van der Waals surface area contributed by atoms with Crippen molar-refractivity contribution in [1.29, 1.82) is 0 Å². The summed E-state index contributed by atoms with van der Waals surface area (Å²) >= 11 is 7.42.